The molecule has 1 aromatic heterocycles. The minimum absolute atomic E-state index is 0.0906. The van der Waals surface area contributed by atoms with Crippen molar-refractivity contribution in [2.45, 2.75) is 32.4 Å². The summed E-state index contributed by atoms with van der Waals surface area (Å²) in [6.45, 7) is 0.470. The highest BCUT2D eigenvalue weighted by Gasteiger charge is 2.24. The second-order valence-corrected chi connectivity index (χ2v) is 5.90. The van der Waals surface area contributed by atoms with Crippen molar-refractivity contribution in [2.24, 2.45) is 0 Å². The molecule has 1 aliphatic heterocycles. The van der Waals surface area contributed by atoms with Crippen LogP contribution in [0.2, 0.25) is 0 Å². The molecule has 0 aliphatic carbocycles. The molecule has 0 unspecified atom stereocenters. The fourth-order valence-corrected chi connectivity index (χ4v) is 3.07. The highest BCUT2D eigenvalue weighted by molar-refractivity contribution is 5.98. The standard InChI is InChI=1S/C18H18F2N2O3/c1-25-15-9-16(23)22-7-3-2-4-14(22)17(15)18(24)21-10-11-5-6-12(19)8-13(11)20/h5-6,8-9H,2-4,7,10H2,1H3,(H,21,24). The third-order valence-electron chi connectivity index (χ3n) is 4.33. The van der Waals surface area contributed by atoms with E-state index in [-0.39, 0.29) is 23.4 Å². The van der Waals surface area contributed by atoms with Gasteiger partial charge >= 0.3 is 0 Å². The van der Waals surface area contributed by atoms with Crippen LogP contribution in [0.1, 0.15) is 34.5 Å². The molecule has 0 atom stereocenters. The van der Waals surface area contributed by atoms with E-state index in [9.17, 15) is 18.4 Å². The molecule has 0 saturated heterocycles. The van der Waals surface area contributed by atoms with Crippen LogP contribution in [0.15, 0.2) is 29.1 Å². The van der Waals surface area contributed by atoms with Crippen molar-refractivity contribution < 1.29 is 18.3 Å². The Bertz CT molecular complexity index is 877. The van der Waals surface area contributed by atoms with Gasteiger partial charge < -0.3 is 14.6 Å². The number of halogens is 2. The van der Waals surface area contributed by atoms with Gasteiger partial charge in [0.15, 0.2) is 0 Å². The lowest BCUT2D eigenvalue weighted by atomic mass is 10.0. The Morgan fingerprint density at radius 3 is 2.80 bits per heavy atom. The molecule has 0 spiro atoms. The summed E-state index contributed by atoms with van der Waals surface area (Å²) in [7, 11) is 1.39. The lowest BCUT2D eigenvalue weighted by molar-refractivity contribution is 0.0944. The second kappa shape index (κ2) is 7.04. The number of rotatable bonds is 4. The van der Waals surface area contributed by atoms with E-state index in [0.717, 1.165) is 25.0 Å². The molecule has 3 rings (SSSR count). The van der Waals surface area contributed by atoms with E-state index in [1.807, 2.05) is 0 Å². The van der Waals surface area contributed by atoms with Gasteiger partial charge in [-0.3, -0.25) is 9.59 Å². The predicted octanol–water partition coefficient (Wildman–Crippen LogP) is 2.40. The average molecular weight is 348 g/mol. The predicted molar refractivity (Wildman–Crippen MR) is 87.7 cm³/mol. The lowest BCUT2D eigenvalue weighted by Gasteiger charge is -2.22. The molecule has 1 aliphatic rings. The average Bonchev–Trinajstić information content (AvgIpc) is 2.60. The van der Waals surface area contributed by atoms with Gasteiger partial charge in [0.1, 0.15) is 22.9 Å². The molecule has 5 nitrogen and oxygen atoms in total. The van der Waals surface area contributed by atoms with Crippen LogP contribution in [0.25, 0.3) is 0 Å². The summed E-state index contributed by atoms with van der Waals surface area (Å²) in [4.78, 5) is 24.8. The van der Waals surface area contributed by atoms with Gasteiger partial charge in [-0.15, -0.1) is 0 Å². The minimum Gasteiger partial charge on any atom is -0.496 e. The van der Waals surface area contributed by atoms with Crippen LogP contribution in [0, 0.1) is 11.6 Å². The number of carbonyl (C=O) groups excluding carboxylic acids is 1. The first-order chi connectivity index (χ1) is 12.0. The second-order valence-electron chi connectivity index (χ2n) is 5.90. The Labute approximate surface area is 143 Å². The first-order valence-corrected chi connectivity index (χ1v) is 8.04. The molecule has 1 N–H and O–H groups in total. The number of benzene rings is 1. The number of hydrogen-bond donors (Lipinski definition) is 1. The van der Waals surface area contributed by atoms with E-state index >= 15 is 0 Å². The molecule has 2 heterocycles. The van der Waals surface area contributed by atoms with Crippen LogP contribution in [0.4, 0.5) is 8.78 Å². The third-order valence-corrected chi connectivity index (χ3v) is 4.33. The zero-order valence-corrected chi connectivity index (χ0v) is 13.8. The number of pyridine rings is 1. The molecule has 0 radical (unpaired) electrons. The zero-order valence-electron chi connectivity index (χ0n) is 13.8. The largest absolute Gasteiger partial charge is 0.496 e. The normalized spacial score (nSPS) is 13.2. The van der Waals surface area contributed by atoms with Gasteiger partial charge in [0.25, 0.3) is 11.5 Å². The van der Waals surface area contributed by atoms with Crippen LogP contribution >= 0.6 is 0 Å². The monoisotopic (exact) mass is 348 g/mol. The van der Waals surface area contributed by atoms with Crippen molar-refractivity contribution in [1.29, 1.82) is 0 Å². The summed E-state index contributed by atoms with van der Waals surface area (Å²) in [5.41, 5.74) is 0.903. The topological polar surface area (TPSA) is 60.3 Å². The maximum absolute atomic E-state index is 13.7. The molecule has 7 heteroatoms. The van der Waals surface area contributed by atoms with E-state index < -0.39 is 17.5 Å². The fourth-order valence-electron chi connectivity index (χ4n) is 3.07. The number of methoxy groups -OCH3 is 1. The Kier molecular flexibility index (Phi) is 4.83. The maximum Gasteiger partial charge on any atom is 0.257 e. The van der Waals surface area contributed by atoms with Crippen molar-refractivity contribution in [3.63, 3.8) is 0 Å². The van der Waals surface area contributed by atoms with Gasteiger partial charge in [-0.2, -0.15) is 0 Å². The van der Waals surface area contributed by atoms with Crippen molar-refractivity contribution in [2.75, 3.05) is 7.11 Å². The van der Waals surface area contributed by atoms with Gasteiger partial charge in [-0.1, -0.05) is 6.07 Å². The summed E-state index contributed by atoms with van der Waals surface area (Å²) >= 11 is 0. The number of hydrogen-bond acceptors (Lipinski definition) is 3. The van der Waals surface area contributed by atoms with Gasteiger partial charge in [-0.25, -0.2) is 8.78 Å². The van der Waals surface area contributed by atoms with E-state index in [1.54, 1.807) is 4.57 Å². The number of carbonyl (C=O) groups is 1. The van der Waals surface area contributed by atoms with Gasteiger partial charge in [0.05, 0.1) is 7.11 Å². The first-order valence-electron chi connectivity index (χ1n) is 8.04. The Hall–Kier alpha value is -2.70. The number of amides is 1. The van der Waals surface area contributed by atoms with Gasteiger partial charge in [-0.05, 0) is 25.3 Å². The molecular weight excluding hydrogens is 330 g/mol. The molecule has 132 valence electrons. The lowest BCUT2D eigenvalue weighted by Crippen LogP contribution is -2.33. The van der Waals surface area contributed by atoms with Crippen molar-refractivity contribution >= 4 is 5.91 Å². The SMILES string of the molecule is COc1cc(=O)n2c(c1C(=O)NCc1ccc(F)cc1F)CCCC2. The number of ether oxygens (including phenoxy) is 1. The molecule has 25 heavy (non-hydrogen) atoms. The minimum atomic E-state index is -0.724. The van der Waals surface area contributed by atoms with E-state index in [2.05, 4.69) is 5.32 Å². The van der Waals surface area contributed by atoms with Crippen molar-refractivity contribution in [1.82, 2.24) is 9.88 Å². The molecule has 0 saturated carbocycles. The molecule has 1 amide bonds. The summed E-state index contributed by atoms with van der Waals surface area (Å²) in [6, 6.07) is 4.48. The van der Waals surface area contributed by atoms with E-state index in [0.29, 0.717) is 24.2 Å². The number of aromatic nitrogens is 1. The van der Waals surface area contributed by atoms with Crippen LogP contribution < -0.4 is 15.6 Å². The summed E-state index contributed by atoms with van der Waals surface area (Å²) < 4.78 is 33.5. The summed E-state index contributed by atoms with van der Waals surface area (Å²) in [5, 5.41) is 2.62. The zero-order chi connectivity index (χ0) is 18.0. The first kappa shape index (κ1) is 17.1. The Morgan fingerprint density at radius 2 is 2.08 bits per heavy atom. The van der Waals surface area contributed by atoms with Crippen LogP contribution in [-0.2, 0) is 19.5 Å². The Morgan fingerprint density at radius 1 is 1.28 bits per heavy atom. The summed E-state index contributed by atoms with van der Waals surface area (Å²) in [6.07, 6.45) is 2.35. The summed E-state index contributed by atoms with van der Waals surface area (Å²) in [5.74, 6) is -1.65. The Balaban J connectivity index is 1.90. The highest BCUT2D eigenvalue weighted by atomic mass is 19.1. The maximum atomic E-state index is 13.7. The van der Waals surface area contributed by atoms with Gasteiger partial charge in [0, 0.05) is 36.5 Å². The number of nitrogens with one attached hydrogen (secondary N) is 1. The van der Waals surface area contributed by atoms with E-state index in [4.69, 9.17) is 4.74 Å². The molecular formula is C18H18F2N2O3. The molecule has 0 bridgehead atoms. The van der Waals surface area contributed by atoms with Crippen LogP contribution in [0.3, 0.4) is 0 Å². The fraction of sp³-hybridized carbons (Fsp3) is 0.333. The third kappa shape index (κ3) is 3.40. The molecule has 2 aromatic rings. The number of nitrogens with zero attached hydrogens (tertiary/aromatic N) is 1. The molecule has 0 fully saturated rings. The van der Waals surface area contributed by atoms with Crippen LogP contribution in [-0.4, -0.2) is 17.6 Å². The van der Waals surface area contributed by atoms with Crippen molar-refractivity contribution in [3.8, 4) is 5.75 Å². The number of fused-ring (bicyclic) bond motifs is 1. The van der Waals surface area contributed by atoms with E-state index in [1.165, 1.54) is 19.2 Å². The quantitative estimate of drug-likeness (QED) is 0.923. The van der Waals surface area contributed by atoms with Crippen molar-refractivity contribution in [3.05, 3.63) is 63.1 Å². The van der Waals surface area contributed by atoms with Crippen LogP contribution in [0.5, 0.6) is 5.75 Å². The van der Waals surface area contributed by atoms with Gasteiger partial charge in [0.2, 0.25) is 0 Å². The smallest absolute Gasteiger partial charge is 0.257 e. The highest BCUT2D eigenvalue weighted by Crippen LogP contribution is 2.25. The molecule has 1 aromatic carbocycles.